The van der Waals surface area contributed by atoms with Gasteiger partial charge in [0.15, 0.2) is 0 Å². The summed E-state index contributed by atoms with van der Waals surface area (Å²) in [5, 5.41) is 5.81. The molecule has 2 aliphatic heterocycles. The van der Waals surface area contributed by atoms with Crippen LogP contribution in [0.2, 0.25) is 0 Å². The Hall–Kier alpha value is -2.02. The molecule has 4 atom stereocenters. The molecule has 1 aromatic rings. The molecule has 0 aromatic heterocycles. The molecule has 1 fully saturated rings. The van der Waals surface area contributed by atoms with Crippen molar-refractivity contribution in [2.24, 2.45) is 11.8 Å². The fourth-order valence-electron chi connectivity index (χ4n) is 4.33. The molecule has 1 saturated heterocycles. The first kappa shape index (κ1) is 23.6. The van der Waals surface area contributed by atoms with Crippen LogP contribution in [0.1, 0.15) is 75.7 Å². The Bertz CT molecular complexity index is 854. The summed E-state index contributed by atoms with van der Waals surface area (Å²) in [6.45, 7) is 12.8. The highest BCUT2D eigenvalue weighted by Crippen LogP contribution is 2.56. The lowest BCUT2D eigenvalue weighted by atomic mass is 9.95. The van der Waals surface area contributed by atoms with Gasteiger partial charge in [-0.15, -0.1) is 11.8 Å². The number of rotatable bonds is 8. The molecule has 2 aliphatic rings. The van der Waals surface area contributed by atoms with Crippen molar-refractivity contribution in [3.8, 4) is 0 Å². The summed E-state index contributed by atoms with van der Waals surface area (Å²) in [5.41, 5.74) is 1.63. The van der Waals surface area contributed by atoms with Gasteiger partial charge in [-0.05, 0) is 43.7 Å². The standard InChI is InChI=1S/C24H35N3O3S/c1-7-15(4)18(20(28)25-13-12-14(2)3)26-21(29)19-24(5,6)31-23-17-11-9-8-10-16(17)22(30)27(19)23/h8-11,14-15,18-19,23H,7,12-13H2,1-6H3,(H,25,28)(H,26,29)/t15-,18-,19+,23+/m0/s1. The Balaban J connectivity index is 1.80. The first-order valence-corrected chi connectivity index (χ1v) is 12.1. The molecule has 0 spiro atoms. The number of hydrogen-bond acceptors (Lipinski definition) is 4. The molecule has 0 radical (unpaired) electrons. The lowest BCUT2D eigenvalue weighted by Gasteiger charge is -2.32. The van der Waals surface area contributed by atoms with Crippen molar-refractivity contribution in [3.05, 3.63) is 35.4 Å². The average molecular weight is 446 g/mol. The molecule has 6 nitrogen and oxygen atoms in total. The maximum Gasteiger partial charge on any atom is 0.256 e. The number of nitrogens with one attached hydrogen (secondary N) is 2. The van der Waals surface area contributed by atoms with Gasteiger partial charge in [0.25, 0.3) is 5.91 Å². The highest BCUT2D eigenvalue weighted by Gasteiger charge is 2.57. The van der Waals surface area contributed by atoms with Crippen LogP contribution >= 0.6 is 11.8 Å². The quantitative estimate of drug-likeness (QED) is 0.639. The van der Waals surface area contributed by atoms with Crippen LogP contribution in [0, 0.1) is 11.8 Å². The van der Waals surface area contributed by atoms with Gasteiger partial charge >= 0.3 is 0 Å². The van der Waals surface area contributed by atoms with Crippen LogP contribution in [-0.4, -0.2) is 46.0 Å². The van der Waals surface area contributed by atoms with Crippen LogP contribution in [0.5, 0.6) is 0 Å². The molecule has 0 unspecified atom stereocenters. The number of hydrogen-bond donors (Lipinski definition) is 2. The van der Waals surface area contributed by atoms with E-state index in [0.29, 0.717) is 18.0 Å². The third-order valence-corrected chi connectivity index (χ3v) is 7.89. The summed E-state index contributed by atoms with van der Waals surface area (Å²) in [4.78, 5) is 41.3. The number of amides is 3. The molecule has 2 N–H and O–H groups in total. The van der Waals surface area contributed by atoms with E-state index in [9.17, 15) is 14.4 Å². The maximum atomic E-state index is 13.5. The van der Waals surface area contributed by atoms with Crippen LogP contribution in [0.4, 0.5) is 0 Å². The predicted octanol–water partition coefficient (Wildman–Crippen LogP) is 3.73. The van der Waals surface area contributed by atoms with Crippen LogP contribution < -0.4 is 10.6 Å². The minimum Gasteiger partial charge on any atom is -0.354 e. The highest BCUT2D eigenvalue weighted by atomic mass is 32.2. The largest absolute Gasteiger partial charge is 0.354 e. The molecule has 0 bridgehead atoms. The van der Waals surface area contributed by atoms with E-state index < -0.39 is 16.8 Å². The molecule has 0 aliphatic carbocycles. The van der Waals surface area contributed by atoms with Crippen LogP contribution in [0.15, 0.2) is 24.3 Å². The van der Waals surface area contributed by atoms with E-state index in [4.69, 9.17) is 0 Å². The van der Waals surface area contributed by atoms with Crippen molar-refractivity contribution in [1.29, 1.82) is 0 Å². The third-order valence-electron chi connectivity index (χ3n) is 6.36. The summed E-state index contributed by atoms with van der Waals surface area (Å²) < 4.78 is -0.466. The van der Waals surface area contributed by atoms with Crippen molar-refractivity contribution in [2.45, 2.75) is 76.6 Å². The van der Waals surface area contributed by atoms with Crippen molar-refractivity contribution in [2.75, 3.05) is 6.54 Å². The van der Waals surface area contributed by atoms with E-state index in [1.54, 1.807) is 16.7 Å². The van der Waals surface area contributed by atoms with E-state index in [2.05, 4.69) is 24.5 Å². The Morgan fingerprint density at radius 1 is 1.19 bits per heavy atom. The molecule has 170 valence electrons. The summed E-state index contributed by atoms with van der Waals surface area (Å²) in [7, 11) is 0. The number of carbonyl (C=O) groups excluding carboxylic acids is 3. The summed E-state index contributed by atoms with van der Waals surface area (Å²) in [5.74, 6) is -0.0411. The number of benzene rings is 1. The van der Waals surface area contributed by atoms with Gasteiger partial charge < -0.3 is 15.5 Å². The van der Waals surface area contributed by atoms with Gasteiger partial charge in [0.2, 0.25) is 11.8 Å². The fraction of sp³-hybridized carbons (Fsp3) is 0.625. The smallest absolute Gasteiger partial charge is 0.256 e. The van der Waals surface area contributed by atoms with E-state index in [-0.39, 0.29) is 29.0 Å². The Morgan fingerprint density at radius 3 is 2.52 bits per heavy atom. The SMILES string of the molecule is CC[C@H](C)[C@H](NC(=O)[C@H]1N2C(=O)c3ccccc3[C@H]2SC1(C)C)C(=O)NCCC(C)C. The van der Waals surface area contributed by atoms with E-state index in [1.165, 1.54) is 0 Å². The zero-order valence-electron chi connectivity index (χ0n) is 19.4. The normalized spacial score (nSPS) is 23.3. The Morgan fingerprint density at radius 2 is 1.87 bits per heavy atom. The second-order valence-corrected chi connectivity index (χ2v) is 11.4. The number of carbonyl (C=O) groups is 3. The van der Waals surface area contributed by atoms with Gasteiger partial charge in [-0.25, -0.2) is 0 Å². The van der Waals surface area contributed by atoms with E-state index in [1.807, 2.05) is 52.0 Å². The zero-order chi connectivity index (χ0) is 22.9. The zero-order valence-corrected chi connectivity index (χ0v) is 20.2. The molecule has 3 rings (SSSR count). The molecule has 31 heavy (non-hydrogen) atoms. The van der Waals surface area contributed by atoms with Gasteiger partial charge in [0, 0.05) is 16.9 Å². The second-order valence-electron chi connectivity index (χ2n) is 9.62. The first-order chi connectivity index (χ1) is 14.6. The molecule has 3 amide bonds. The molecule has 7 heteroatoms. The van der Waals surface area contributed by atoms with E-state index in [0.717, 1.165) is 18.4 Å². The van der Waals surface area contributed by atoms with Gasteiger partial charge in [-0.1, -0.05) is 52.3 Å². The van der Waals surface area contributed by atoms with Crippen LogP contribution in [0.3, 0.4) is 0 Å². The Kier molecular flexibility index (Phi) is 7.04. The Labute approximate surface area is 189 Å². The number of thioether (sulfide) groups is 1. The summed E-state index contributed by atoms with van der Waals surface area (Å²) in [6.07, 6.45) is 1.66. The van der Waals surface area contributed by atoms with Gasteiger partial charge in [0.05, 0.1) is 0 Å². The molecule has 1 aromatic carbocycles. The third kappa shape index (κ3) is 4.61. The minimum absolute atomic E-state index is 0.0116. The van der Waals surface area contributed by atoms with Gasteiger partial charge in [-0.3, -0.25) is 14.4 Å². The number of fused-ring (bicyclic) bond motifs is 3. The van der Waals surface area contributed by atoms with Crippen molar-refractivity contribution in [1.82, 2.24) is 15.5 Å². The van der Waals surface area contributed by atoms with Gasteiger partial charge in [0.1, 0.15) is 17.5 Å². The van der Waals surface area contributed by atoms with Crippen LogP contribution in [-0.2, 0) is 9.59 Å². The maximum absolute atomic E-state index is 13.5. The first-order valence-electron chi connectivity index (χ1n) is 11.3. The highest BCUT2D eigenvalue weighted by molar-refractivity contribution is 8.01. The monoisotopic (exact) mass is 445 g/mol. The lowest BCUT2D eigenvalue weighted by molar-refractivity contribution is -0.133. The fourth-order valence-corrected chi connectivity index (χ4v) is 5.92. The molecule has 0 saturated carbocycles. The second kappa shape index (κ2) is 9.23. The minimum atomic E-state index is -0.641. The van der Waals surface area contributed by atoms with Crippen LogP contribution in [0.25, 0.3) is 0 Å². The number of nitrogens with zero attached hydrogens (tertiary/aromatic N) is 1. The molecule has 2 heterocycles. The van der Waals surface area contributed by atoms with E-state index >= 15 is 0 Å². The topological polar surface area (TPSA) is 78.5 Å². The van der Waals surface area contributed by atoms with Crippen molar-refractivity contribution >= 4 is 29.5 Å². The molecular weight excluding hydrogens is 410 g/mol. The summed E-state index contributed by atoms with van der Waals surface area (Å²) in [6, 6.07) is 6.30. The van der Waals surface area contributed by atoms with Crippen molar-refractivity contribution in [3.63, 3.8) is 0 Å². The predicted molar refractivity (Wildman–Crippen MR) is 125 cm³/mol. The molecular formula is C24H35N3O3S. The van der Waals surface area contributed by atoms with Gasteiger partial charge in [-0.2, -0.15) is 0 Å². The summed E-state index contributed by atoms with van der Waals surface area (Å²) >= 11 is 1.63. The average Bonchev–Trinajstić information content (AvgIpc) is 3.14. The lowest BCUT2D eigenvalue weighted by Crippen LogP contribution is -2.58. The van der Waals surface area contributed by atoms with Crippen molar-refractivity contribution < 1.29 is 14.4 Å².